The Labute approximate surface area is 225 Å². The molecule has 3 atom stereocenters. The van der Waals surface area contributed by atoms with Gasteiger partial charge in [0.1, 0.15) is 6.10 Å². The largest absolute Gasteiger partial charge is 0.445 e. The van der Waals surface area contributed by atoms with Gasteiger partial charge in [0.25, 0.3) is 0 Å². The SMILES string of the molecule is CC(OC(=O)Nc1ccccc1)[C@H]1C[C@@H](Cc2ccccc2)CCN1CCCNC(=O)Nc1ccccc1. The molecule has 0 spiro atoms. The predicted octanol–water partition coefficient (Wildman–Crippen LogP) is 6.16. The average Bonchev–Trinajstić information content (AvgIpc) is 2.93. The molecule has 0 saturated carbocycles. The summed E-state index contributed by atoms with van der Waals surface area (Å²) >= 11 is 0. The highest BCUT2D eigenvalue weighted by atomic mass is 16.6. The summed E-state index contributed by atoms with van der Waals surface area (Å²) in [6.45, 7) is 4.31. The molecule has 7 nitrogen and oxygen atoms in total. The van der Waals surface area contributed by atoms with E-state index in [1.165, 1.54) is 5.56 Å². The smallest absolute Gasteiger partial charge is 0.411 e. The summed E-state index contributed by atoms with van der Waals surface area (Å²) in [6.07, 6.45) is 3.17. The van der Waals surface area contributed by atoms with Crippen LogP contribution in [0.15, 0.2) is 91.0 Å². The van der Waals surface area contributed by atoms with Gasteiger partial charge in [-0.2, -0.15) is 0 Å². The summed E-state index contributed by atoms with van der Waals surface area (Å²) < 4.78 is 5.86. The van der Waals surface area contributed by atoms with Crippen LogP contribution in [0.3, 0.4) is 0 Å². The molecular weight excluding hydrogens is 476 g/mol. The van der Waals surface area contributed by atoms with Crippen LogP contribution in [0, 0.1) is 5.92 Å². The van der Waals surface area contributed by atoms with Crippen molar-refractivity contribution in [1.29, 1.82) is 0 Å². The lowest BCUT2D eigenvalue weighted by Crippen LogP contribution is -2.50. The van der Waals surface area contributed by atoms with Gasteiger partial charge in [-0.1, -0.05) is 66.7 Å². The molecule has 0 bridgehead atoms. The number of carbonyl (C=O) groups is 2. The normalized spacial score (nSPS) is 18.2. The number of nitrogens with one attached hydrogen (secondary N) is 3. The maximum atomic E-state index is 12.6. The van der Waals surface area contributed by atoms with E-state index in [0.717, 1.165) is 44.5 Å². The maximum Gasteiger partial charge on any atom is 0.411 e. The van der Waals surface area contributed by atoms with E-state index in [0.29, 0.717) is 18.2 Å². The Balaban J connectivity index is 1.31. The fourth-order valence-corrected chi connectivity index (χ4v) is 5.12. The first-order valence-corrected chi connectivity index (χ1v) is 13.5. The summed E-state index contributed by atoms with van der Waals surface area (Å²) in [5.41, 5.74) is 2.83. The molecule has 3 aromatic rings. The molecule has 1 aliphatic rings. The van der Waals surface area contributed by atoms with Crippen LogP contribution < -0.4 is 16.0 Å². The third kappa shape index (κ3) is 8.63. The van der Waals surface area contributed by atoms with E-state index in [1.54, 1.807) is 0 Å². The van der Waals surface area contributed by atoms with Crippen LogP contribution in [-0.2, 0) is 11.2 Å². The predicted molar refractivity (Wildman–Crippen MR) is 152 cm³/mol. The van der Waals surface area contributed by atoms with Gasteiger partial charge >= 0.3 is 12.1 Å². The first kappa shape index (κ1) is 27.2. The Morgan fingerprint density at radius 1 is 0.895 bits per heavy atom. The van der Waals surface area contributed by atoms with Gasteiger partial charge in [-0.3, -0.25) is 10.2 Å². The number of amides is 3. The number of piperidine rings is 1. The number of rotatable bonds is 10. The lowest BCUT2D eigenvalue weighted by molar-refractivity contribution is 0.00893. The second-order valence-electron chi connectivity index (χ2n) is 9.89. The molecule has 3 aromatic carbocycles. The summed E-state index contributed by atoms with van der Waals surface area (Å²) in [6, 6.07) is 29.3. The standard InChI is InChI=1S/C31H38N4O3/c1-24(38-31(37)34-28-16-9-4-10-17-28)29-23-26(22-25-12-5-2-6-13-25)18-21-35(29)20-11-19-32-30(36)33-27-14-7-3-8-15-27/h2-10,12-17,24,26,29H,11,18-23H2,1H3,(H,34,37)(H2,32,33,36)/t24?,26-,29-/m1/s1. The molecule has 3 amide bonds. The van der Waals surface area contributed by atoms with Gasteiger partial charge in [0.2, 0.25) is 0 Å². The van der Waals surface area contributed by atoms with Gasteiger partial charge < -0.3 is 15.4 Å². The molecule has 1 unspecified atom stereocenters. The van der Waals surface area contributed by atoms with Gasteiger partial charge in [0.05, 0.1) is 0 Å². The van der Waals surface area contributed by atoms with E-state index in [-0.39, 0.29) is 18.2 Å². The quantitative estimate of drug-likeness (QED) is 0.283. The van der Waals surface area contributed by atoms with Crippen LogP contribution in [-0.4, -0.2) is 48.8 Å². The van der Waals surface area contributed by atoms with E-state index in [4.69, 9.17) is 4.74 Å². The number of anilines is 2. The van der Waals surface area contributed by atoms with E-state index in [1.807, 2.05) is 73.7 Å². The fourth-order valence-electron chi connectivity index (χ4n) is 5.12. The third-order valence-corrected chi connectivity index (χ3v) is 7.03. The van der Waals surface area contributed by atoms with Gasteiger partial charge in [0, 0.05) is 30.5 Å². The van der Waals surface area contributed by atoms with Crippen LogP contribution in [0.25, 0.3) is 0 Å². The van der Waals surface area contributed by atoms with Crippen LogP contribution in [0.2, 0.25) is 0 Å². The summed E-state index contributed by atoms with van der Waals surface area (Å²) in [4.78, 5) is 27.3. The van der Waals surface area contributed by atoms with Crippen molar-refractivity contribution in [3.63, 3.8) is 0 Å². The minimum atomic E-state index is -0.437. The van der Waals surface area contributed by atoms with Crippen molar-refractivity contribution in [2.75, 3.05) is 30.3 Å². The molecule has 3 N–H and O–H groups in total. The molecule has 0 aliphatic carbocycles. The van der Waals surface area contributed by atoms with Crippen molar-refractivity contribution in [2.45, 2.75) is 44.8 Å². The molecule has 0 aromatic heterocycles. The zero-order chi connectivity index (χ0) is 26.6. The minimum Gasteiger partial charge on any atom is -0.445 e. The van der Waals surface area contributed by atoms with Crippen molar-refractivity contribution in [2.24, 2.45) is 5.92 Å². The number of ether oxygens (including phenoxy) is 1. The van der Waals surface area contributed by atoms with E-state index in [9.17, 15) is 9.59 Å². The Morgan fingerprint density at radius 2 is 1.50 bits per heavy atom. The van der Waals surface area contributed by atoms with Crippen LogP contribution in [0.1, 0.15) is 31.7 Å². The number of nitrogens with zero attached hydrogens (tertiary/aromatic N) is 1. The summed E-state index contributed by atoms with van der Waals surface area (Å²) in [5.74, 6) is 0.525. The molecular formula is C31H38N4O3. The summed E-state index contributed by atoms with van der Waals surface area (Å²) in [7, 11) is 0. The number of benzene rings is 3. The van der Waals surface area contributed by atoms with Gasteiger partial charge in [-0.15, -0.1) is 0 Å². The monoisotopic (exact) mass is 514 g/mol. The fraction of sp³-hybridized carbons (Fsp3) is 0.355. The number of urea groups is 1. The minimum absolute atomic E-state index is 0.108. The number of hydrogen-bond donors (Lipinski definition) is 3. The van der Waals surface area contributed by atoms with Gasteiger partial charge in [-0.25, -0.2) is 9.59 Å². The number of likely N-dealkylation sites (tertiary alicyclic amines) is 1. The highest BCUT2D eigenvalue weighted by molar-refractivity contribution is 5.89. The van der Waals surface area contributed by atoms with Crippen LogP contribution in [0.5, 0.6) is 0 Å². The van der Waals surface area contributed by atoms with Crippen molar-refractivity contribution in [3.05, 3.63) is 96.6 Å². The van der Waals surface area contributed by atoms with E-state index in [2.05, 4.69) is 45.1 Å². The van der Waals surface area contributed by atoms with Crippen molar-refractivity contribution in [1.82, 2.24) is 10.2 Å². The Kier molecular flexibility index (Phi) is 10.2. The molecule has 200 valence electrons. The Morgan fingerprint density at radius 3 is 2.16 bits per heavy atom. The molecule has 7 heteroatoms. The lowest BCUT2D eigenvalue weighted by Gasteiger charge is -2.42. The first-order valence-electron chi connectivity index (χ1n) is 13.5. The molecule has 1 aliphatic heterocycles. The number of carbonyl (C=O) groups excluding carboxylic acids is 2. The van der Waals surface area contributed by atoms with E-state index >= 15 is 0 Å². The lowest BCUT2D eigenvalue weighted by atomic mass is 9.84. The Bertz CT molecular complexity index is 1130. The molecule has 1 fully saturated rings. The van der Waals surface area contributed by atoms with Crippen molar-refractivity contribution in [3.8, 4) is 0 Å². The molecule has 1 heterocycles. The maximum absolute atomic E-state index is 12.6. The number of para-hydroxylation sites is 2. The van der Waals surface area contributed by atoms with Crippen LogP contribution >= 0.6 is 0 Å². The number of hydrogen-bond acceptors (Lipinski definition) is 4. The highest BCUT2D eigenvalue weighted by Crippen LogP contribution is 2.29. The zero-order valence-corrected chi connectivity index (χ0v) is 22.0. The molecule has 1 saturated heterocycles. The first-order chi connectivity index (χ1) is 18.6. The highest BCUT2D eigenvalue weighted by Gasteiger charge is 2.33. The van der Waals surface area contributed by atoms with Gasteiger partial charge in [0.15, 0.2) is 0 Å². The zero-order valence-electron chi connectivity index (χ0n) is 22.0. The molecule has 4 rings (SSSR count). The average molecular weight is 515 g/mol. The summed E-state index contributed by atoms with van der Waals surface area (Å²) in [5, 5.41) is 8.62. The van der Waals surface area contributed by atoms with Crippen molar-refractivity contribution < 1.29 is 14.3 Å². The Hall–Kier alpha value is -3.84. The molecule has 38 heavy (non-hydrogen) atoms. The van der Waals surface area contributed by atoms with Crippen molar-refractivity contribution >= 4 is 23.5 Å². The second-order valence-corrected chi connectivity index (χ2v) is 9.89. The van der Waals surface area contributed by atoms with Crippen LogP contribution in [0.4, 0.5) is 21.0 Å². The van der Waals surface area contributed by atoms with E-state index < -0.39 is 6.09 Å². The van der Waals surface area contributed by atoms with Gasteiger partial charge in [-0.05, 0) is 74.9 Å². The topological polar surface area (TPSA) is 82.7 Å². The second kappa shape index (κ2) is 14.2. The molecule has 0 radical (unpaired) electrons. The third-order valence-electron chi connectivity index (χ3n) is 7.03.